The number of aromatic nitrogens is 1. The van der Waals surface area contributed by atoms with Crippen molar-refractivity contribution in [2.75, 3.05) is 37.0 Å². The number of methoxy groups -OCH3 is 1. The largest absolute Gasteiger partial charge is 0.497 e. The standard InChI is InChI=1S/C19H19FN4O3/c1-27-15-4-2-12(3-5-15)9-24-16-6-13(19(26)23-10-14(20)11-23)7-21-18(16)22-8-17(24)25/h2-7,14H,8-11H2,1H3,(H,21,22). The lowest BCUT2D eigenvalue weighted by Crippen LogP contribution is -2.51. The first-order valence-electron chi connectivity index (χ1n) is 8.65. The van der Waals surface area contributed by atoms with Crippen LogP contribution in [-0.4, -0.2) is 54.6 Å². The van der Waals surface area contributed by atoms with E-state index in [1.807, 2.05) is 24.3 Å². The molecule has 0 radical (unpaired) electrons. The van der Waals surface area contributed by atoms with Gasteiger partial charge in [0.2, 0.25) is 5.91 Å². The van der Waals surface area contributed by atoms with E-state index in [2.05, 4.69) is 10.3 Å². The molecule has 7 nitrogen and oxygen atoms in total. The van der Waals surface area contributed by atoms with Crippen LogP contribution >= 0.6 is 0 Å². The van der Waals surface area contributed by atoms with Gasteiger partial charge < -0.3 is 19.9 Å². The molecule has 2 aliphatic heterocycles. The van der Waals surface area contributed by atoms with Crippen LogP contribution in [0.2, 0.25) is 0 Å². The van der Waals surface area contributed by atoms with Gasteiger partial charge in [-0.25, -0.2) is 9.37 Å². The van der Waals surface area contributed by atoms with Crippen LogP contribution in [0.3, 0.4) is 0 Å². The van der Waals surface area contributed by atoms with Gasteiger partial charge in [0.15, 0.2) is 5.82 Å². The summed E-state index contributed by atoms with van der Waals surface area (Å²) < 4.78 is 18.2. The van der Waals surface area contributed by atoms with Gasteiger partial charge >= 0.3 is 0 Å². The predicted octanol–water partition coefficient (Wildman–Crippen LogP) is 1.84. The number of carbonyl (C=O) groups is 2. The first-order chi connectivity index (χ1) is 13.0. The highest BCUT2D eigenvalue weighted by atomic mass is 19.1. The lowest BCUT2D eigenvalue weighted by Gasteiger charge is -2.35. The molecule has 4 rings (SSSR count). The molecule has 1 fully saturated rings. The van der Waals surface area contributed by atoms with Crippen LogP contribution in [0.15, 0.2) is 36.5 Å². The van der Waals surface area contributed by atoms with E-state index in [9.17, 15) is 14.0 Å². The minimum atomic E-state index is -0.964. The maximum absolute atomic E-state index is 13.0. The molecule has 3 heterocycles. The average molecular weight is 370 g/mol. The van der Waals surface area contributed by atoms with Gasteiger partial charge in [-0.15, -0.1) is 0 Å². The van der Waals surface area contributed by atoms with Gasteiger partial charge in [-0.05, 0) is 23.8 Å². The molecule has 2 amide bonds. The van der Waals surface area contributed by atoms with Gasteiger partial charge in [0, 0.05) is 6.20 Å². The Bertz CT molecular complexity index is 881. The van der Waals surface area contributed by atoms with E-state index in [-0.39, 0.29) is 31.4 Å². The number of amides is 2. The van der Waals surface area contributed by atoms with E-state index in [0.717, 1.165) is 11.3 Å². The minimum absolute atomic E-state index is 0.0999. The normalized spacial score (nSPS) is 16.4. The molecule has 0 bridgehead atoms. The second-order valence-corrected chi connectivity index (χ2v) is 6.58. The highest BCUT2D eigenvalue weighted by Crippen LogP contribution is 2.31. The first kappa shape index (κ1) is 17.3. The third-order valence-corrected chi connectivity index (χ3v) is 4.74. The molecule has 0 spiro atoms. The number of ether oxygens (including phenoxy) is 1. The van der Waals surface area contributed by atoms with Crippen molar-refractivity contribution >= 4 is 23.3 Å². The van der Waals surface area contributed by atoms with Crippen molar-refractivity contribution in [1.82, 2.24) is 9.88 Å². The first-order valence-corrected chi connectivity index (χ1v) is 8.65. The van der Waals surface area contributed by atoms with E-state index >= 15 is 0 Å². The Kier molecular flexibility index (Phi) is 4.39. The highest BCUT2D eigenvalue weighted by Gasteiger charge is 2.32. The molecule has 2 aliphatic rings. The zero-order valence-corrected chi connectivity index (χ0v) is 14.8. The van der Waals surface area contributed by atoms with Crippen LogP contribution in [0, 0.1) is 0 Å². The SMILES string of the molecule is COc1ccc(CN2C(=O)CNc3ncc(C(=O)N4CC(F)C4)cc32)cc1. The summed E-state index contributed by atoms with van der Waals surface area (Å²) in [6.45, 7) is 0.692. The summed E-state index contributed by atoms with van der Waals surface area (Å²) in [7, 11) is 1.60. The summed E-state index contributed by atoms with van der Waals surface area (Å²) in [6.07, 6.45) is 0.496. The summed E-state index contributed by atoms with van der Waals surface area (Å²) in [6, 6.07) is 9.08. The fourth-order valence-electron chi connectivity index (χ4n) is 3.16. The third-order valence-electron chi connectivity index (χ3n) is 4.74. The second-order valence-electron chi connectivity index (χ2n) is 6.58. The van der Waals surface area contributed by atoms with E-state index in [4.69, 9.17) is 4.74 Å². The van der Waals surface area contributed by atoms with Gasteiger partial charge in [-0.3, -0.25) is 9.59 Å². The number of alkyl halides is 1. The van der Waals surface area contributed by atoms with Crippen molar-refractivity contribution in [3.8, 4) is 5.75 Å². The minimum Gasteiger partial charge on any atom is -0.497 e. The number of nitrogens with zero attached hydrogens (tertiary/aromatic N) is 3. The van der Waals surface area contributed by atoms with Gasteiger partial charge in [0.05, 0.1) is 44.5 Å². The number of anilines is 2. The maximum atomic E-state index is 13.0. The Morgan fingerprint density at radius 3 is 2.74 bits per heavy atom. The van der Waals surface area contributed by atoms with E-state index in [1.165, 1.54) is 11.1 Å². The van der Waals surface area contributed by atoms with Crippen molar-refractivity contribution in [1.29, 1.82) is 0 Å². The highest BCUT2D eigenvalue weighted by molar-refractivity contribution is 6.04. The van der Waals surface area contributed by atoms with Crippen molar-refractivity contribution in [3.63, 3.8) is 0 Å². The predicted molar refractivity (Wildman–Crippen MR) is 97.7 cm³/mol. The lowest BCUT2D eigenvalue weighted by atomic mass is 10.1. The Balaban J connectivity index is 1.60. The van der Waals surface area contributed by atoms with Crippen molar-refractivity contribution in [3.05, 3.63) is 47.7 Å². The maximum Gasteiger partial charge on any atom is 0.255 e. The van der Waals surface area contributed by atoms with Gasteiger partial charge in [-0.2, -0.15) is 0 Å². The molecular weight excluding hydrogens is 351 g/mol. The number of benzene rings is 1. The molecule has 1 saturated heterocycles. The zero-order valence-electron chi connectivity index (χ0n) is 14.8. The monoisotopic (exact) mass is 370 g/mol. The topological polar surface area (TPSA) is 74.8 Å². The molecule has 1 aromatic heterocycles. The van der Waals surface area contributed by atoms with Crippen LogP contribution < -0.4 is 15.0 Å². The average Bonchev–Trinajstić information content (AvgIpc) is 2.67. The molecule has 0 aliphatic carbocycles. The second kappa shape index (κ2) is 6.86. The molecule has 140 valence electrons. The molecule has 0 unspecified atom stereocenters. The molecule has 0 saturated carbocycles. The number of likely N-dealkylation sites (tertiary alicyclic amines) is 1. The lowest BCUT2D eigenvalue weighted by molar-refractivity contribution is -0.117. The zero-order chi connectivity index (χ0) is 19.0. The molecule has 0 atom stereocenters. The molecule has 8 heteroatoms. The van der Waals surface area contributed by atoms with Crippen LogP contribution in [0.5, 0.6) is 5.75 Å². The van der Waals surface area contributed by atoms with E-state index in [1.54, 1.807) is 18.1 Å². The third kappa shape index (κ3) is 3.30. The van der Waals surface area contributed by atoms with Crippen LogP contribution in [0.1, 0.15) is 15.9 Å². The van der Waals surface area contributed by atoms with E-state index in [0.29, 0.717) is 23.6 Å². The summed E-state index contributed by atoms with van der Waals surface area (Å²) in [5.41, 5.74) is 1.82. The number of rotatable bonds is 4. The quantitative estimate of drug-likeness (QED) is 0.889. The van der Waals surface area contributed by atoms with Crippen LogP contribution in [0.4, 0.5) is 15.9 Å². The molecule has 27 heavy (non-hydrogen) atoms. The Labute approximate surface area is 155 Å². The number of halogens is 1. The smallest absolute Gasteiger partial charge is 0.255 e. The number of hydrogen-bond acceptors (Lipinski definition) is 5. The number of hydrogen-bond donors (Lipinski definition) is 1. The summed E-state index contributed by atoms with van der Waals surface area (Å²) in [5, 5.41) is 2.97. The number of fused-ring (bicyclic) bond motifs is 1. The number of pyridine rings is 1. The molecule has 2 aromatic rings. The number of carbonyl (C=O) groups excluding carboxylic acids is 2. The summed E-state index contributed by atoms with van der Waals surface area (Å²) in [4.78, 5) is 32.3. The van der Waals surface area contributed by atoms with Crippen molar-refractivity contribution in [2.45, 2.75) is 12.7 Å². The van der Waals surface area contributed by atoms with Crippen LogP contribution in [-0.2, 0) is 11.3 Å². The fourth-order valence-corrected chi connectivity index (χ4v) is 3.16. The van der Waals surface area contributed by atoms with Crippen molar-refractivity contribution < 1.29 is 18.7 Å². The Morgan fingerprint density at radius 2 is 2.07 bits per heavy atom. The summed E-state index contributed by atoms with van der Waals surface area (Å²) >= 11 is 0. The van der Waals surface area contributed by atoms with Crippen molar-refractivity contribution in [2.24, 2.45) is 0 Å². The van der Waals surface area contributed by atoms with Gasteiger partial charge in [-0.1, -0.05) is 12.1 Å². The number of nitrogens with one attached hydrogen (secondary N) is 1. The molecule has 1 N–H and O–H groups in total. The van der Waals surface area contributed by atoms with E-state index < -0.39 is 6.17 Å². The molecular formula is C19H19FN4O3. The fraction of sp³-hybridized carbons (Fsp3) is 0.316. The van der Waals surface area contributed by atoms with Gasteiger partial charge in [0.1, 0.15) is 11.9 Å². The Morgan fingerprint density at radius 1 is 1.33 bits per heavy atom. The van der Waals surface area contributed by atoms with Crippen LogP contribution in [0.25, 0.3) is 0 Å². The van der Waals surface area contributed by atoms with Gasteiger partial charge in [0.25, 0.3) is 5.91 Å². The Hall–Kier alpha value is -3.16. The molecule has 1 aromatic carbocycles. The summed E-state index contributed by atoms with van der Waals surface area (Å²) in [5.74, 6) is 0.895.